The molecule has 0 aliphatic carbocycles. The van der Waals surface area contributed by atoms with E-state index in [9.17, 15) is 18.0 Å². The van der Waals surface area contributed by atoms with E-state index in [2.05, 4.69) is 15.1 Å². The van der Waals surface area contributed by atoms with Crippen molar-refractivity contribution in [1.29, 1.82) is 0 Å². The summed E-state index contributed by atoms with van der Waals surface area (Å²) < 4.78 is 38.6. The van der Waals surface area contributed by atoms with Gasteiger partial charge in [-0.05, 0) is 13.0 Å². The Morgan fingerprint density at radius 1 is 1.16 bits per heavy atom. The summed E-state index contributed by atoms with van der Waals surface area (Å²) in [5.74, 6) is 0.964. The van der Waals surface area contributed by atoms with Crippen LogP contribution < -0.4 is 4.90 Å². The number of aryl methyl sites for hydroxylation is 1. The number of hydrogen-bond donors (Lipinski definition) is 0. The van der Waals surface area contributed by atoms with Crippen molar-refractivity contribution in [3.63, 3.8) is 0 Å². The van der Waals surface area contributed by atoms with Gasteiger partial charge in [0, 0.05) is 44.6 Å². The van der Waals surface area contributed by atoms with Gasteiger partial charge in [-0.1, -0.05) is 0 Å². The Hall–Kier alpha value is -2.65. The predicted octanol–water partition coefficient (Wildman–Crippen LogP) is 1.57. The van der Waals surface area contributed by atoms with Gasteiger partial charge in [0.05, 0.1) is 0 Å². The number of piperazine rings is 1. The third-order valence-electron chi connectivity index (χ3n) is 3.86. The molecule has 0 unspecified atom stereocenters. The molecule has 1 fully saturated rings. The minimum absolute atomic E-state index is 0.231. The van der Waals surface area contributed by atoms with Crippen LogP contribution in [0, 0.1) is 6.92 Å². The van der Waals surface area contributed by atoms with Gasteiger partial charge in [0.25, 0.3) is 0 Å². The largest absolute Gasteiger partial charge is 0.397 e. The summed E-state index contributed by atoms with van der Waals surface area (Å²) in [4.78, 5) is 23.6. The van der Waals surface area contributed by atoms with E-state index in [-0.39, 0.29) is 13.1 Å². The first-order valence-corrected chi connectivity index (χ1v) is 7.77. The SMILES string of the molecule is Cc1nc(N2CCN(C(=O)CC(F)(F)F)CC2)cc(-n2cccn2)n1. The van der Waals surface area contributed by atoms with Gasteiger partial charge in [-0.25, -0.2) is 14.6 Å². The zero-order chi connectivity index (χ0) is 18.0. The van der Waals surface area contributed by atoms with Crippen molar-refractivity contribution in [1.82, 2.24) is 24.6 Å². The van der Waals surface area contributed by atoms with Gasteiger partial charge < -0.3 is 9.80 Å². The van der Waals surface area contributed by atoms with Crippen LogP contribution in [0.15, 0.2) is 24.5 Å². The van der Waals surface area contributed by atoms with E-state index in [1.807, 2.05) is 4.90 Å². The molecule has 0 radical (unpaired) electrons. The van der Waals surface area contributed by atoms with Gasteiger partial charge >= 0.3 is 6.18 Å². The highest BCUT2D eigenvalue weighted by Crippen LogP contribution is 2.22. The maximum Gasteiger partial charge on any atom is 0.397 e. The lowest BCUT2D eigenvalue weighted by molar-refractivity contribution is -0.161. The third-order valence-corrected chi connectivity index (χ3v) is 3.86. The van der Waals surface area contributed by atoms with E-state index >= 15 is 0 Å². The van der Waals surface area contributed by atoms with Gasteiger partial charge in [0.2, 0.25) is 5.91 Å². The van der Waals surface area contributed by atoms with E-state index in [1.165, 1.54) is 4.90 Å². The van der Waals surface area contributed by atoms with Gasteiger partial charge in [-0.15, -0.1) is 0 Å². The van der Waals surface area contributed by atoms with Gasteiger partial charge in [-0.2, -0.15) is 18.3 Å². The minimum atomic E-state index is -4.48. The van der Waals surface area contributed by atoms with Crippen molar-refractivity contribution in [2.24, 2.45) is 0 Å². The number of hydrogen-bond acceptors (Lipinski definition) is 5. The number of alkyl halides is 3. The van der Waals surface area contributed by atoms with Crippen molar-refractivity contribution in [2.75, 3.05) is 31.1 Å². The first-order chi connectivity index (χ1) is 11.8. The molecule has 0 spiro atoms. The molecule has 1 saturated heterocycles. The molecule has 3 heterocycles. The van der Waals surface area contributed by atoms with Crippen LogP contribution in [0.25, 0.3) is 5.82 Å². The van der Waals surface area contributed by atoms with E-state index in [0.29, 0.717) is 30.5 Å². The topological polar surface area (TPSA) is 67.2 Å². The minimum Gasteiger partial charge on any atom is -0.353 e. The van der Waals surface area contributed by atoms with Crippen LogP contribution in [0.2, 0.25) is 0 Å². The summed E-state index contributed by atoms with van der Waals surface area (Å²) in [7, 11) is 0. The molecule has 0 aromatic carbocycles. The molecule has 2 aromatic heterocycles. The van der Waals surface area contributed by atoms with E-state index in [1.54, 1.807) is 36.1 Å². The second-order valence-corrected chi connectivity index (χ2v) is 5.74. The van der Waals surface area contributed by atoms with Crippen LogP contribution in [0.4, 0.5) is 19.0 Å². The maximum atomic E-state index is 12.3. The highest BCUT2D eigenvalue weighted by molar-refractivity contribution is 5.77. The normalized spacial score (nSPS) is 15.5. The third kappa shape index (κ3) is 4.25. The summed E-state index contributed by atoms with van der Waals surface area (Å²) in [5.41, 5.74) is 0. The van der Waals surface area contributed by atoms with Crippen LogP contribution in [-0.2, 0) is 4.79 Å². The Labute approximate surface area is 142 Å². The molecule has 0 bridgehead atoms. The number of anilines is 1. The fraction of sp³-hybridized carbons (Fsp3) is 0.467. The van der Waals surface area contributed by atoms with Crippen LogP contribution in [0.5, 0.6) is 0 Å². The van der Waals surface area contributed by atoms with Crippen molar-refractivity contribution in [3.05, 3.63) is 30.4 Å². The van der Waals surface area contributed by atoms with Crippen molar-refractivity contribution in [3.8, 4) is 5.82 Å². The average molecular weight is 354 g/mol. The summed E-state index contributed by atoms with van der Waals surface area (Å²) in [6, 6.07) is 3.55. The van der Waals surface area contributed by atoms with Gasteiger partial charge in [0.15, 0.2) is 5.82 Å². The van der Waals surface area contributed by atoms with E-state index in [4.69, 9.17) is 0 Å². The van der Waals surface area contributed by atoms with Crippen molar-refractivity contribution in [2.45, 2.75) is 19.5 Å². The van der Waals surface area contributed by atoms with Crippen LogP contribution in [-0.4, -0.2) is 62.9 Å². The van der Waals surface area contributed by atoms with Crippen LogP contribution in [0.3, 0.4) is 0 Å². The summed E-state index contributed by atoms with van der Waals surface area (Å²) in [6.45, 7) is 3.06. The quantitative estimate of drug-likeness (QED) is 0.837. The summed E-state index contributed by atoms with van der Waals surface area (Å²) in [5, 5.41) is 4.13. The summed E-state index contributed by atoms with van der Waals surface area (Å²) in [6.07, 6.45) is -2.48. The number of aromatic nitrogens is 4. The van der Waals surface area contributed by atoms with Crippen LogP contribution >= 0.6 is 0 Å². The number of halogens is 3. The Morgan fingerprint density at radius 2 is 1.84 bits per heavy atom. The van der Waals surface area contributed by atoms with E-state index in [0.717, 1.165) is 0 Å². The molecule has 3 rings (SSSR count). The molecule has 2 aromatic rings. The van der Waals surface area contributed by atoms with Crippen LogP contribution in [0.1, 0.15) is 12.2 Å². The molecule has 7 nitrogen and oxygen atoms in total. The molecular formula is C15H17F3N6O. The lowest BCUT2D eigenvalue weighted by Gasteiger charge is -2.35. The predicted molar refractivity (Wildman–Crippen MR) is 83.4 cm³/mol. The Kier molecular flexibility index (Phi) is 4.60. The molecule has 0 saturated carbocycles. The molecule has 1 aliphatic heterocycles. The Balaban J connectivity index is 1.68. The molecule has 134 valence electrons. The monoisotopic (exact) mass is 354 g/mol. The smallest absolute Gasteiger partial charge is 0.353 e. The highest BCUT2D eigenvalue weighted by atomic mass is 19.4. The van der Waals surface area contributed by atoms with Gasteiger partial charge in [0.1, 0.15) is 18.1 Å². The molecule has 1 aliphatic rings. The lowest BCUT2D eigenvalue weighted by atomic mass is 10.2. The zero-order valence-corrected chi connectivity index (χ0v) is 13.6. The fourth-order valence-electron chi connectivity index (χ4n) is 2.69. The molecule has 0 N–H and O–H groups in total. The number of nitrogens with zero attached hydrogens (tertiary/aromatic N) is 6. The lowest BCUT2D eigenvalue weighted by Crippen LogP contribution is -2.49. The molecular weight excluding hydrogens is 337 g/mol. The highest BCUT2D eigenvalue weighted by Gasteiger charge is 2.34. The standard InChI is InChI=1S/C15H17F3N6O/c1-11-20-12(9-13(21-11)24-4-2-3-19-24)22-5-7-23(8-6-22)14(25)10-15(16,17)18/h2-4,9H,5-8,10H2,1H3. The maximum absolute atomic E-state index is 12.3. The first-order valence-electron chi connectivity index (χ1n) is 7.77. The second kappa shape index (κ2) is 6.69. The van der Waals surface area contributed by atoms with Crippen molar-refractivity contribution < 1.29 is 18.0 Å². The fourth-order valence-corrected chi connectivity index (χ4v) is 2.69. The number of carbonyl (C=O) groups is 1. The average Bonchev–Trinajstić information content (AvgIpc) is 3.07. The first kappa shape index (κ1) is 17.2. The van der Waals surface area contributed by atoms with Gasteiger partial charge in [-0.3, -0.25) is 4.79 Å². The summed E-state index contributed by atoms with van der Waals surface area (Å²) >= 11 is 0. The molecule has 0 atom stereocenters. The molecule has 1 amide bonds. The Bertz CT molecular complexity index is 738. The second-order valence-electron chi connectivity index (χ2n) is 5.74. The molecule has 25 heavy (non-hydrogen) atoms. The number of amides is 1. The Morgan fingerprint density at radius 3 is 2.44 bits per heavy atom. The number of carbonyl (C=O) groups excluding carboxylic acids is 1. The number of rotatable bonds is 3. The van der Waals surface area contributed by atoms with Crippen molar-refractivity contribution >= 4 is 11.7 Å². The van der Waals surface area contributed by atoms with E-state index < -0.39 is 18.5 Å². The zero-order valence-electron chi connectivity index (χ0n) is 13.6. The molecule has 10 heteroatoms.